The Morgan fingerprint density at radius 1 is 1.05 bits per heavy atom. The first-order valence-corrected chi connectivity index (χ1v) is 13.0. The number of tetrazole rings is 1. The summed E-state index contributed by atoms with van der Waals surface area (Å²) in [5, 5.41) is 13.7. The quantitative estimate of drug-likeness (QED) is 0.295. The fourth-order valence-electron chi connectivity index (χ4n) is 5.22. The SMILES string of the molecule is CC[C@@H](c1nnnn1Cc1ccco1)N(Cc1ccc2c(c1)OCO2)Cc1cc2c(C)ccc(C)c2[nH]c1=O. The van der Waals surface area contributed by atoms with Crippen LogP contribution in [0.5, 0.6) is 11.5 Å². The van der Waals surface area contributed by atoms with Gasteiger partial charge in [0.2, 0.25) is 6.79 Å². The summed E-state index contributed by atoms with van der Waals surface area (Å²) in [6.07, 6.45) is 2.37. The van der Waals surface area contributed by atoms with Gasteiger partial charge in [-0.05, 0) is 77.7 Å². The summed E-state index contributed by atoms with van der Waals surface area (Å²) in [7, 11) is 0. The molecular weight excluding hydrogens is 496 g/mol. The van der Waals surface area contributed by atoms with E-state index in [-0.39, 0.29) is 18.4 Å². The molecule has 39 heavy (non-hydrogen) atoms. The number of pyridine rings is 1. The minimum Gasteiger partial charge on any atom is -0.467 e. The summed E-state index contributed by atoms with van der Waals surface area (Å²) >= 11 is 0. The number of nitrogens with one attached hydrogen (secondary N) is 1. The van der Waals surface area contributed by atoms with Gasteiger partial charge >= 0.3 is 0 Å². The maximum Gasteiger partial charge on any atom is 0.252 e. The van der Waals surface area contributed by atoms with E-state index in [9.17, 15) is 4.79 Å². The minimum absolute atomic E-state index is 0.100. The number of hydrogen-bond donors (Lipinski definition) is 1. The van der Waals surface area contributed by atoms with Crippen LogP contribution < -0.4 is 15.0 Å². The lowest BCUT2D eigenvalue weighted by molar-refractivity contribution is 0.160. The van der Waals surface area contributed by atoms with Gasteiger partial charge in [-0.1, -0.05) is 25.1 Å². The third-order valence-electron chi connectivity index (χ3n) is 7.29. The van der Waals surface area contributed by atoms with E-state index in [2.05, 4.69) is 45.3 Å². The third kappa shape index (κ3) is 4.90. The Kier molecular flexibility index (Phi) is 6.62. The van der Waals surface area contributed by atoms with Crippen LogP contribution in [0.4, 0.5) is 0 Å². The van der Waals surface area contributed by atoms with Crippen molar-refractivity contribution in [2.75, 3.05) is 6.79 Å². The van der Waals surface area contributed by atoms with Gasteiger partial charge < -0.3 is 18.9 Å². The van der Waals surface area contributed by atoms with Crippen LogP contribution in [-0.2, 0) is 19.6 Å². The molecule has 0 saturated heterocycles. The molecule has 0 aliphatic carbocycles. The molecule has 200 valence electrons. The molecule has 1 N–H and O–H groups in total. The van der Waals surface area contributed by atoms with E-state index < -0.39 is 0 Å². The molecule has 1 aliphatic rings. The first kappa shape index (κ1) is 24.9. The molecule has 2 aromatic carbocycles. The zero-order valence-electron chi connectivity index (χ0n) is 22.2. The maximum atomic E-state index is 13.3. The molecule has 4 heterocycles. The molecule has 0 saturated carbocycles. The van der Waals surface area contributed by atoms with Gasteiger partial charge in [-0.25, -0.2) is 4.68 Å². The number of benzene rings is 2. The number of H-pyrrole nitrogens is 1. The van der Waals surface area contributed by atoms with Crippen LogP contribution in [-0.4, -0.2) is 36.9 Å². The Morgan fingerprint density at radius 2 is 1.90 bits per heavy atom. The molecule has 0 spiro atoms. The zero-order chi connectivity index (χ0) is 26.9. The van der Waals surface area contributed by atoms with Crippen LogP contribution in [0.1, 0.15) is 53.2 Å². The largest absolute Gasteiger partial charge is 0.467 e. The number of nitrogens with zero attached hydrogens (tertiary/aromatic N) is 5. The molecule has 3 aromatic heterocycles. The van der Waals surface area contributed by atoms with Gasteiger partial charge in [-0.3, -0.25) is 9.69 Å². The van der Waals surface area contributed by atoms with E-state index in [0.29, 0.717) is 31.0 Å². The molecule has 0 unspecified atom stereocenters. The van der Waals surface area contributed by atoms with Gasteiger partial charge in [0.25, 0.3) is 5.56 Å². The van der Waals surface area contributed by atoms with Crippen molar-refractivity contribution in [2.24, 2.45) is 0 Å². The second kappa shape index (κ2) is 10.4. The monoisotopic (exact) mass is 526 g/mol. The highest BCUT2D eigenvalue weighted by molar-refractivity contribution is 5.85. The Bertz CT molecular complexity index is 1670. The number of aryl methyl sites for hydroxylation is 2. The molecule has 5 aromatic rings. The molecule has 0 fully saturated rings. The van der Waals surface area contributed by atoms with E-state index in [1.807, 2.05) is 49.4 Å². The molecule has 0 amide bonds. The third-order valence-corrected chi connectivity index (χ3v) is 7.29. The van der Waals surface area contributed by atoms with Crippen molar-refractivity contribution in [1.82, 2.24) is 30.1 Å². The highest BCUT2D eigenvalue weighted by atomic mass is 16.7. The second-order valence-electron chi connectivity index (χ2n) is 9.90. The normalized spacial score (nSPS) is 13.4. The predicted molar refractivity (Wildman–Crippen MR) is 145 cm³/mol. The van der Waals surface area contributed by atoms with Crippen LogP contribution >= 0.6 is 0 Å². The highest BCUT2D eigenvalue weighted by Crippen LogP contribution is 2.34. The number of aromatic nitrogens is 5. The summed E-state index contributed by atoms with van der Waals surface area (Å²) in [6.45, 7) is 7.75. The minimum atomic E-state index is -0.172. The molecule has 10 nitrogen and oxygen atoms in total. The first-order valence-electron chi connectivity index (χ1n) is 13.0. The summed E-state index contributed by atoms with van der Waals surface area (Å²) in [5.41, 5.74) is 4.65. The number of hydrogen-bond acceptors (Lipinski definition) is 8. The topological polar surface area (TPSA) is 111 Å². The first-order chi connectivity index (χ1) is 19.0. The lowest BCUT2D eigenvalue weighted by Gasteiger charge is -2.30. The van der Waals surface area contributed by atoms with E-state index in [1.54, 1.807) is 10.9 Å². The summed E-state index contributed by atoms with van der Waals surface area (Å²) in [5.74, 6) is 2.92. The summed E-state index contributed by atoms with van der Waals surface area (Å²) in [6, 6.07) is 15.6. The van der Waals surface area contributed by atoms with Crippen LogP contribution in [0.2, 0.25) is 0 Å². The van der Waals surface area contributed by atoms with Crippen molar-refractivity contribution in [3.05, 3.63) is 99.0 Å². The van der Waals surface area contributed by atoms with Gasteiger partial charge in [0.1, 0.15) is 12.3 Å². The lowest BCUT2D eigenvalue weighted by atomic mass is 10.0. The van der Waals surface area contributed by atoms with Crippen molar-refractivity contribution in [2.45, 2.75) is 52.9 Å². The number of fused-ring (bicyclic) bond motifs is 2. The van der Waals surface area contributed by atoms with E-state index in [0.717, 1.165) is 51.3 Å². The Hall–Kier alpha value is -4.44. The Labute approximate surface area is 225 Å². The predicted octanol–water partition coefficient (Wildman–Crippen LogP) is 4.65. The van der Waals surface area contributed by atoms with Crippen LogP contribution in [0, 0.1) is 13.8 Å². The van der Waals surface area contributed by atoms with Crippen molar-refractivity contribution in [3.8, 4) is 11.5 Å². The fourth-order valence-corrected chi connectivity index (χ4v) is 5.22. The van der Waals surface area contributed by atoms with Crippen molar-refractivity contribution in [1.29, 1.82) is 0 Å². The molecule has 10 heteroatoms. The average Bonchev–Trinajstić information content (AvgIpc) is 3.71. The number of aromatic amines is 1. The van der Waals surface area contributed by atoms with Crippen LogP contribution in [0.3, 0.4) is 0 Å². The standard InChI is InChI=1S/C29H30N6O4/c1-4-24(28-31-32-33-35(28)16-22-6-5-11-37-22)34(14-20-9-10-25-26(12-20)39-17-38-25)15-21-13-23-18(2)7-8-19(3)27(23)30-29(21)36/h5-13,24H,4,14-17H2,1-3H3,(H,30,36)/t24-/m0/s1. The van der Waals surface area contributed by atoms with Crippen LogP contribution in [0.25, 0.3) is 10.9 Å². The van der Waals surface area contributed by atoms with Gasteiger partial charge in [0, 0.05) is 24.0 Å². The number of furan rings is 1. The Balaban J connectivity index is 1.40. The zero-order valence-corrected chi connectivity index (χ0v) is 22.2. The molecule has 1 aliphatic heterocycles. The molecule has 0 radical (unpaired) electrons. The van der Waals surface area contributed by atoms with Gasteiger partial charge in [0.05, 0.1) is 17.8 Å². The molecular formula is C29H30N6O4. The van der Waals surface area contributed by atoms with Crippen LogP contribution in [0.15, 0.2) is 64.0 Å². The van der Waals surface area contributed by atoms with E-state index in [4.69, 9.17) is 13.9 Å². The van der Waals surface area contributed by atoms with Crippen molar-refractivity contribution in [3.63, 3.8) is 0 Å². The molecule has 0 bridgehead atoms. The summed E-state index contributed by atoms with van der Waals surface area (Å²) < 4.78 is 18.4. The van der Waals surface area contributed by atoms with Gasteiger partial charge in [-0.2, -0.15) is 0 Å². The number of rotatable bonds is 9. The second-order valence-corrected chi connectivity index (χ2v) is 9.90. The van der Waals surface area contributed by atoms with Crippen molar-refractivity contribution < 1.29 is 13.9 Å². The smallest absolute Gasteiger partial charge is 0.252 e. The molecule has 1 atom stereocenters. The van der Waals surface area contributed by atoms with E-state index in [1.165, 1.54) is 0 Å². The number of ether oxygens (including phenoxy) is 2. The Morgan fingerprint density at radius 3 is 2.72 bits per heavy atom. The fraction of sp³-hybridized carbons (Fsp3) is 0.310. The maximum absolute atomic E-state index is 13.3. The average molecular weight is 527 g/mol. The van der Waals surface area contributed by atoms with E-state index >= 15 is 0 Å². The van der Waals surface area contributed by atoms with Gasteiger partial charge in [-0.15, -0.1) is 5.10 Å². The van der Waals surface area contributed by atoms with Crippen molar-refractivity contribution >= 4 is 10.9 Å². The lowest BCUT2D eigenvalue weighted by Crippen LogP contribution is -2.32. The highest BCUT2D eigenvalue weighted by Gasteiger charge is 2.27. The molecule has 6 rings (SSSR count). The summed E-state index contributed by atoms with van der Waals surface area (Å²) in [4.78, 5) is 18.7. The van der Waals surface area contributed by atoms with Gasteiger partial charge in [0.15, 0.2) is 17.3 Å².